The van der Waals surface area contributed by atoms with Crippen LogP contribution in [-0.2, 0) is 9.53 Å². The van der Waals surface area contributed by atoms with E-state index in [1.54, 1.807) is 67.6 Å². The molecule has 0 heterocycles. The summed E-state index contributed by atoms with van der Waals surface area (Å²) in [4.78, 5) is 24.2. The van der Waals surface area contributed by atoms with Crippen LogP contribution in [0.4, 0.5) is 10.5 Å². The first-order valence-electron chi connectivity index (χ1n) is 7.90. The van der Waals surface area contributed by atoms with Gasteiger partial charge in [0.05, 0.1) is 6.61 Å². The maximum absolute atomic E-state index is 12.2. The van der Waals surface area contributed by atoms with Gasteiger partial charge in [-0.3, -0.25) is 10.7 Å². The van der Waals surface area contributed by atoms with E-state index < -0.39 is 29.2 Å². The molecule has 26 heavy (non-hydrogen) atoms. The molecule has 0 saturated heterocycles. The van der Waals surface area contributed by atoms with E-state index in [0.717, 1.165) is 0 Å². The number of ether oxygens (including phenoxy) is 1. The van der Waals surface area contributed by atoms with Gasteiger partial charge in [-0.25, -0.2) is 9.59 Å². The lowest BCUT2D eigenvalue weighted by Crippen LogP contribution is -2.37. The van der Waals surface area contributed by atoms with E-state index in [1.165, 1.54) is 0 Å². The highest BCUT2D eigenvalue weighted by molar-refractivity contribution is 6.25. The number of aliphatic hydroxyl groups is 1. The van der Waals surface area contributed by atoms with Crippen LogP contribution in [0.5, 0.6) is 0 Å². The summed E-state index contributed by atoms with van der Waals surface area (Å²) in [7, 11) is 0. The van der Waals surface area contributed by atoms with Gasteiger partial charge in [0.2, 0.25) is 0 Å². The lowest BCUT2D eigenvalue weighted by Gasteiger charge is -2.13. The number of rotatable bonds is 5. The largest absolute Gasteiger partial charge is 0.506 e. The summed E-state index contributed by atoms with van der Waals surface area (Å²) in [5.41, 5.74) is 0.415. The monoisotopic (exact) mass is 353 g/mol. The normalized spacial score (nSPS) is 11.1. The molecule has 4 N–H and O–H groups in total. The Labute approximate surface area is 150 Å². The van der Waals surface area contributed by atoms with Crippen molar-refractivity contribution in [3.8, 4) is 0 Å². The van der Waals surface area contributed by atoms with E-state index in [4.69, 9.17) is 10.1 Å². The van der Waals surface area contributed by atoms with Crippen molar-refractivity contribution in [3.05, 3.63) is 71.8 Å². The zero-order valence-electron chi connectivity index (χ0n) is 14.2. The molecule has 134 valence electrons. The lowest BCUT2D eigenvalue weighted by molar-refractivity contribution is -0.137. The van der Waals surface area contributed by atoms with Crippen molar-refractivity contribution in [1.29, 1.82) is 5.41 Å². The van der Waals surface area contributed by atoms with Gasteiger partial charge in [-0.15, -0.1) is 0 Å². The number of esters is 1. The molecule has 0 saturated carbocycles. The number of urea groups is 1. The minimum Gasteiger partial charge on any atom is -0.506 e. The third-order valence-electron chi connectivity index (χ3n) is 3.28. The molecule has 0 aliphatic rings. The predicted molar refractivity (Wildman–Crippen MR) is 98.9 cm³/mol. The van der Waals surface area contributed by atoms with Crippen LogP contribution >= 0.6 is 0 Å². The van der Waals surface area contributed by atoms with E-state index in [2.05, 4.69) is 10.6 Å². The molecule has 0 aliphatic heterocycles. The Hall–Kier alpha value is -3.61. The highest BCUT2D eigenvalue weighted by atomic mass is 16.5. The third kappa shape index (κ3) is 4.94. The Morgan fingerprint density at radius 3 is 2.19 bits per heavy atom. The van der Waals surface area contributed by atoms with Gasteiger partial charge in [-0.2, -0.15) is 0 Å². The van der Waals surface area contributed by atoms with Crippen LogP contribution in [-0.4, -0.2) is 29.5 Å². The minimum absolute atomic E-state index is 0.0634. The zero-order valence-corrected chi connectivity index (χ0v) is 14.2. The maximum Gasteiger partial charge on any atom is 0.345 e. The van der Waals surface area contributed by atoms with Gasteiger partial charge in [0.15, 0.2) is 0 Å². The number of aliphatic hydroxyl groups excluding tert-OH is 1. The molecule has 2 rings (SSSR count). The molecular weight excluding hydrogens is 334 g/mol. The number of amidine groups is 1. The van der Waals surface area contributed by atoms with E-state index in [0.29, 0.717) is 11.3 Å². The van der Waals surface area contributed by atoms with E-state index >= 15 is 0 Å². The summed E-state index contributed by atoms with van der Waals surface area (Å²) < 4.78 is 4.90. The Bertz CT molecular complexity index is 817. The second-order valence-corrected chi connectivity index (χ2v) is 5.13. The lowest BCUT2D eigenvalue weighted by atomic mass is 10.1. The number of para-hydroxylation sites is 1. The Kier molecular flexibility index (Phi) is 6.50. The molecule has 0 atom stereocenters. The molecule has 0 radical (unpaired) electrons. The van der Waals surface area contributed by atoms with Gasteiger partial charge in [-0.05, 0) is 19.1 Å². The maximum atomic E-state index is 12.2. The average Bonchev–Trinajstić information content (AvgIpc) is 2.63. The number of hydrogen-bond acceptors (Lipinski definition) is 5. The van der Waals surface area contributed by atoms with E-state index in [1.807, 2.05) is 0 Å². The van der Waals surface area contributed by atoms with Crippen LogP contribution in [0.3, 0.4) is 0 Å². The van der Waals surface area contributed by atoms with E-state index in [9.17, 15) is 14.7 Å². The fourth-order valence-corrected chi connectivity index (χ4v) is 2.12. The van der Waals surface area contributed by atoms with Crippen LogP contribution in [0.2, 0.25) is 0 Å². The predicted octanol–water partition coefficient (Wildman–Crippen LogP) is 3.32. The molecule has 0 spiro atoms. The average molecular weight is 353 g/mol. The first-order chi connectivity index (χ1) is 12.5. The summed E-state index contributed by atoms with van der Waals surface area (Å²) in [6.07, 6.45) is 0. The number of carbonyl (C=O) groups is 2. The van der Waals surface area contributed by atoms with Gasteiger partial charge in [0.25, 0.3) is 0 Å². The van der Waals surface area contributed by atoms with Crippen molar-refractivity contribution in [3.63, 3.8) is 0 Å². The molecule has 2 aromatic rings. The zero-order chi connectivity index (χ0) is 18.9. The number of hydrogen-bond donors (Lipinski definition) is 4. The molecule has 0 aromatic heterocycles. The van der Waals surface area contributed by atoms with Crippen molar-refractivity contribution in [2.24, 2.45) is 0 Å². The second-order valence-electron chi connectivity index (χ2n) is 5.13. The number of benzene rings is 2. The number of amides is 2. The highest BCUT2D eigenvalue weighted by Crippen LogP contribution is 2.17. The van der Waals surface area contributed by atoms with Crippen LogP contribution in [0.15, 0.2) is 66.2 Å². The van der Waals surface area contributed by atoms with Crippen molar-refractivity contribution in [1.82, 2.24) is 5.32 Å². The van der Waals surface area contributed by atoms with Gasteiger partial charge < -0.3 is 15.2 Å². The quantitative estimate of drug-likeness (QED) is 0.217. The van der Waals surface area contributed by atoms with Gasteiger partial charge in [0.1, 0.15) is 17.2 Å². The Morgan fingerprint density at radius 1 is 1.04 bits per heavy atom. The van der Waals surface area contributed by atoms with Gasteiger partial charge >= 0.3 is 12.0 Å². The fourth-order valence-electron chi connectivity index (χ4n) is 2.12. The highest BCUT2D eigenvalue weighted by Gasteiger charge is 2.24. The Balaban J connectivity index is 2.23. The van der Waals surface area contributed by atoms with Crippen LogP contribution < -0.4 is 10.6 Å². The third-order valence-corrected chi connectivity index (χ3v) is 3.28. The molecule has 0 fully saturated rings. The molecule has 0 bridgehead atoms. The summed E-state index contributed by atoms with van der Waals surface area (Å²) in [5.74, 6) is -1.92. The van der Waals surface area contributed by atoms with Crippen LogP contribution in [0, 0.1) is 5.41 Å². The van der Waals surface area contributed by atoms with Crippen LogP contribution in [0.25, 0.3) is 5.76 Å². The smallest absolute Gasteiger partial charge is 0.345 e. The Morgan fingerprint density at radius 2 is 1.62 bits per heavy atom. The van der Waals surface area contributed by atoms with Crippen molar-refractivity contribution < 1.29 is 19.4 Å². The molecule has 7 nitrogen and oxygen atoms in total. The molecule has 7 heteroatoms. The van der Waals surface area contributed by atoms with Crippen molar-refractivity contribution in [2.45, 2.75) is 6.92 Å². The van der Waals surface area contributed by atoms with Gasteiger partial charge in [0, 0.05) is 11.3 Å². The van der Waals surface area contributed by atoms with Crippen LogP contribution in [0.1, 0.15) is 12.5 Å². The standard InChI is InChI=1S/C19H19N3O4/c1-2-26-18(24)15(16(23)13-9-5-3-6-10-13)17(20)22-19(25)21-14-11-7-4-8-12-14/h3-12,23H,2H2,1H3,(H3,20,21,22,25)/b16-15-. The number of anilines is 1. The molecule has 2 aromatic carbocycles. The number of carbonyl (C=O) groups excluding carboxylic acids is 2. The molecular formula is C19H19N3O4. The molecule has 0 unspecified atom stereocenters. The summed E-state index contributed by atoms with van der Waals surface area (Å²) in [6.45, 7) is 1.67. The first-order valence-corrected chi connectivity index (χ1v) is 7.90. The first kappa shape index (κ1) is 18.7. The summed E-state index contributed by atoms with van der Waals surface area (Å²) >= 11 is 0. The molecule has 0 aliphatic carbocycles. The summed E-state index contributed by atoms with van der Waals surface area (Å²) in [5, 5.41) is 23.2. The fraction of sp³-hybridized carbons (Fsp3) is 0.105. The van der Waals surface area contributed by atoms with Crippen molar-refractivity contribution in [2.75, 3.05) is 11.9 Å². The topological polar surface area (TPSA) is 112 Å². The van der Waals surface area contributed by atoms with Crippen molar-refractivity contribution >= 4 is 29.3 Å². The van der Waals surface area contributed by atoms with E-state index in [-0.39, 0.29) is 6.61 Å². The number of nitrogens with one attached hydrogen (secondary N) is 3. The second kappa shape index (κ2) is 9.03. The SMILES string of the molecule is CCOC(=O)/C(C(=N)NC(=O)Nc1ccccc1)=C(\O)c1ccccc1. The molecule has 2 amide bonds. The minimum atomic E-state index is -0.904. The van der Waals surface area contributed by atoms with Gasteiger partial charge in [-0.1, -0.05) is 48.5 Å². The summed E-state index contributed by atoms with van der Waals surface area (Å²) in [6, 6.07) is 16.2.